The average molecular weight is 567 g/mol. The lowest BCUT2D eigenvalue weighted by Crippen LogP contribution is -2.57. The molecule has 5 aliphatic rings. The molecular weight excluding hydrogens is 532 g/mol. The van der Waals surface area contributed by atoms with E-state index in [1.807, 2.05) is 17.0 Å². The van der Waals surface area contributed by atoms with Gasteiger partial charge in [-0.1, -0.05) is 24.0 Å². The van der Waals surface area contributed by atoms with Crippen molar-refractivity contribution >= 4 is 46.2 Å². The zero-order valence-corrected chi connectivity index (χ0v) is 23.6. The number of thiocarbonyl (C=S) groups is 1. The highest BCUT2D eigenvalue weighted by Crippen LogP contribution is 2.56. The highest BCUT2D eigenvalue weighted by molar-refractivity contribution is 8.26. The second-order valence-electron chi connectivity index (χ2n) is 11.3. The van der Waals surface area contributed by atoms with Crippen LogP contribution in [0, 0.1) is 23.7 Å². The number of methoxy groups -OCH3 is 1. The van der Waals surface area contributed by atoms with E-state index in [0.717, 1.165) is 17.4 Å². The van der Waals surface area contributed by atoms with E-state index in [-0.39, 0.29) is 23.7 Å². The summed E-state index contributed by atoms with van der Waals surface area (Å²) in [6.45, 7) is 0.483. The van der Waals surface area contributed by atoms with Crippen LogP contribution in [0.25, 0.3) is 17.4 Å². The van der Waals surface area contributed by atoms with Gasteiger partial charge in [0.1, 0.15) is 27.3 Å². The van der Waals surface area contributed by atoms with Gasteiger partial charge in [-0.3, -0.25) is 14.7 Å². The first-order valence-corrected chi connectivity index (χ1v) is 14.8. The summed E-state index contributed by atoms with van der Waals surface area (Å²) in [7, 11) is 1.55. The number of furan rings is 1. The molecule has 1 aromatic heterocycles. The Morgan fingerprint density at radius 2 is 1.90 bits per heavy atom. The predicted octanol–water partition coefficient (Wildman–Crippen LogP) is 4.89. The van der Waals surface area contributed by atoms with E-state index in [4.69, 9.17) is 32.8 Å². The quantitative estimate of drug-likeness (QED) is 0.135. The number of amides is 1. The Kier molecular flexibility index (Phi) is 7.09. The molecule has 1 saturated heterocycles. The maximum absolute atomic E-state index is 13.8. The van der Waals surface area contributed by atoms with Crippen LogP contribution >= 0.6 is 24.0 Å². The summed E-state index contributed by atoms with van der Waals surface area (Å²) in [4.78, 5) is 20.4. The number of phenols is 1. The minimum Gasteiger partial charge on any atom is -0.508 e. The van der Waals surface area contributed by atoms with E-state index < -0.39 is 0 Å². The van der Waals surface area contributed by atoms with Gasteiger partial charge < -0.3 is 25.7 Å². The van der Waals surface area contributed by atoms with E-state index in [9.17, 15) is 9.90 Å². The maximum atomic E-state index is 13.8. The molecule has 0 atom stereocenters. The second-order valence-corrected chi connectivity index (χ2v) is 13.0. The number of ether oxygens (including phenoxy) is 1. The summed E-state index contributed by atoms with van der Waals surface area (Å²) in [5, 5.41) is 10.2. The lowest BCUT2D eigenvalue weighted by atomic mass is 9.54. The SMILES string of the molecule is COc1cc(O)cc(-c2cc(CCCN=C(N)N)c(C=C3SC(=S)N(C4C5CC6CC(C5)CC4C6)C3=O)o2)c1. The van der Waals surface area contributed by atoms with Crippen LogP contribution in [0.5, 0.6) is 11.5 Å². The molecule has 39 heavy (non-hydrogen) atoms. The van der Waals surface area contributed by atoms with Crippen molar-refractivity contribution in [2.45, 2.75) is 51.0 Å². The minimum atomic E-state index is -0.00842. The topological polar surface area (TPSA) is 127 Å². The number of phenolic OH excluding ortho intramolecular Hbond substituents is 1. The molecule has 1 aliphatic heterocycles. The Morgan fingerprint density at radius 1 is 1.18 bits per heavy atom. The van der Waals surface area contributed by atoms with Gasteiger partial charge >= 0.3 is 0 Å². The number of carbonyl (C=O) groups excluding carboxylic acids is 1. The molecule has 0 unspecified atom stereocenters. The number of rotatable bonds is 8. The van der Waals surface area contributed by atoms with Gasteiger partial charge in [0.25, 0.3) is 5.91 Å². The molecule has 2 aromatic rings. The number of benzene rings is 1. The molecule has 0 spiro atoms. The van der Waals surface area contributed by atoms with Gasteiger partial charge in [0.2, 0.25) is 0 Å². The van der Waals surface area contributed by atoms with Crippen molar-refractivity contribution in [1.82, 2.24) is 4.90 Å². The van der Waals surface area contributed by atoms with E-state index in [1.54, 1.807) is 25.3 Å². The smallest absolute Gasteiger partial charge is 0.266 e. The van der Waals surface area contributed by atoms with Gasteiger partial charge in [-0.2, -0.15) is 0 Å². The molecule has 5 fully saturated rings. The summed E-state index contributed by atoms with van der Waals surface area (Å²) in [5.74, 6) is 4.60. The van der Waals surface area contributed by atoms with Gasteiger partial charge in [-0.25, -0.2) is 0 Å². The molecule has 206 valence electrons. The summed E-state index contributed by atoms with van der Waals surface area (Å²) < 4.78 is 12.3. The number of aryl methyl sites for hydroxylation is 1. The largest absolute Gasteiger partial charge is 0.508 e. The van der Waals surface area contributed by atoms with Gasteiger partial charge in [-0.15, -0.1) is 0 Å². The number of nitrogens with zero attached hydrogens (tertiary/aromatic N) is 2. The molecule has 0 radical (unpaired) electrons. The molecule has 4 aliphatic carbocycles. The molecule has 10 heteroatoms. The van der Waals surface area contributed by atoms with Crippen molar-refractivity contribution in [2.24, 2.45) is 40.1 Å². The Labute approximate surface area is 237 Å². The number of guanidine groups is 1. The summed E-state index contributed by atoms with van der Waals surface area (Å²) in [6, 6.07) is 7.13. The monoisotopic (exact) mass is 566 g/mol. The van der Waals surface area contributed by atoms with Crippen molar-refractivity contribution in [3.05, 3.63) is 40.5 Å². The Balaban J connectivity index is 1.30. The standard InChI is InChI=1S/C29H34N4O4S2/c1-36-22-11-18(10-21(34)13-22)23-12-17(3-2-4-32-28(30)31)24(37-23)14-25-27(35)33(29(38)39-25)26-19-6-15-5-16(8-19)9-20(26)7-15/h10-16,19-20,26,34H,2-9H2,1H3,(H4,30,31,32). The van der Waals surface area contributed by atoms with E-state index >= 15 is 0 Å². The van der Waals surface area contributed by atoms with E-state index in [2.05, 4.69) is 4.99 Å². The number of thioether (sulfide) groups is 1. The van der Waals surface area contributed by atoms with Crippen molar-refractivity contribution in [3.8, 4) is 22.8 Å². The zero-order valence-electron chi connectivity index (χ0n) is 22.0. The second kappa shape index (κ2) is 10.5. The first-order valence-electron chi connectivity index (χ1n) is 13.6. The fourth-order valence-electron chi connectivity index (χ4n) is 7.40. The highest BCUT2D eigenvalue weighted by Gasteiger charge is 2.53. The van der Waals surface area contributed by atoms with Crippen LogP contribution in [0.1, 0.15) is 49.8 Å². The minimum absolute atomic E-state index is 0.00842. The summed E-state index contributed by atoms with van der Waals surface area (Å²) >= 11 is 7.16. The average Bonchev–Trinajstić information content (AvgIpc) is 3.41. The van der Waals surface area contributed by atoms with Gasteiger partial charge in [0, 0.05) is 30.3 Å². The molecule has 7 rings (SSSR count). The van der Waals surface area contributed by atoms with Crippen LogP contribution in [-0.2, 0) is 11.2 Å². The third-order valence-electron chi connectivity index (χ3n) is 8.71. The summed E-state index contributed by atoms with van der Waals surface area (Å²) in [6.07, 6.45) is 9.45. The van der Waals surface area contributed by atoms with E-state index in [0.29, 0.717) is 63.3 Å². The van der Waals surface area contributed by atoms with Crippen LogP contribution in [0.15, 0.2) is 38.6 Å². The summed E-state index contributed by atoms with van der Waals surface area (Å²) in [5.41, 5.74) is 12.6. The van der Waals surface area contributed by atoms with Crippen molar-refractivity contribution in [1.29, 1.82) is 0 Å². The molecular formula is C29H34N4O4S2. The molecule has 4 saturated carbocycles. The number of hydrogen-bond acceptors (Lipinski definition) is 7. The molecule has 1 aromatic carbocycles. The van der Waals surface area contributed by atoms with Crippen LogP contribution in [0.4, 0.5) is 0 Å². The Morgan fingerprint density at radius 3 is 2.56 bits per heavy atom. The normalized spacial score (nSPS) is 28.5. The van der Waals surface area contributed by atoms with Gasteiger partial charge in [0.15, 0.2) is 5.96 Å². The highest BCUT2D eigenvalue weighted by atomic mass is 32.2. The fourth-order valence-corrected chi connectivity index (χ4v) is 8.71. The number of aromatic hydroxyl groups is 1. The number of nitrogens with two attached hydrogens (primary N) is 2. The molecule has 4 bridgehead atoms. The van der Waals surface area contributed by atoms with Crippen LogP contribution in [0.3, 0.4) is 0 Å². The maximum Gasteiger partial charge on any atom is 0.266 e. The van der Waals surface area contributed by atoms with Crippen molar-refractivity contribution < 1.29 is 19.1 Å². The third kappa shape index (κ3) is 5.16. The number of carbonyl (C=O) groups is 1. The molecule has 1 amide bonds. The lowest BCUT2D eigenvalue weighted by Gasteiger charge is -2.56. The predicted molar refractivity (Wildman–Crippen MR) is 157 cm³/mol. The first kappa shape index (κ1) is 26.3. The number of hydrogen-bond donors (Lipinski definition) is 3. The van der Waals surface area contributed by atoms with E-state index in [1.165, 1.54) is 43.9 Å². The number of aliphatic imine (C=N–C) groups is 1. The van der Waals surface area contributed by atoms with Crippen LogP contribution < -0.4 is 16.2 Å². The van der Waals surface area contributed by atoms with Gasteiger partial charge in [0.05, 0.1) is 12.0 Å². The third-order valence-corrected chi connectivity index (χ3v) is 10.0. The van der Waals surface area contributed by atoms with Crippen LogP contribution in [0.2, 0.25) is 0 Å². The van der Waals surface area contributed by atoms with Gasteiger partial charge in [-0.05, 0) is 92.4 Å². The fraction of sp³-hybridized carbons (Fsp3) is 0.483. The Bertz CT molecular complexity index is 1330. The molecule has 8 nitrogen and oxygen atoms in total. The molecule has 5 N–H and O–H groups in total. The van der Waals surface area contributed by atoms with Crippen molar-refractivity contribution in [2.75, 3.05) is 13.7 Å². The van der Waals surface area contributed by atoms with Crippen molar-refractivity contribution in [3.63, 3.8) is 0 Å². The molecule has 2 heterocycles. The zero-order chi connectivity index (χ0) is 27.3. The van der Waals surface area contributed by atoms with Crippen LogP contribution in [-0.4, -0.2) is 45.9 Å². The lowest BCUT2D eigenvalue weighted by molar-refractivity contribution is -0.130. The Hall–Kier alpha value is -2.98. The first-order chi connectivity index (χ1) is 18.8.